The van der Waals surface area contributed by atoms with Crippen molar-refractivity contribution < 1.29 is 0 Å². The van der Waals surface area contributed by atoms with Gasteiger partial charge in [0.25, 0.3) is 5.56 Å². The molecule has 0 bridgehead atoms. The lowest BCUT2D eigenvalue weighted by Crippen LogP contribution is -2.05. The van der Waals surface area contributed by atoms with Crippen LogP contribution in [0.1, 0.15) is 11.1 Å². The summed E-state index contributed by atoms with van der Waals surface area (Å²) in [5.41, 5.74) is 3.41. The number of aromatic nitrogens is 2. The third-order valence-corrected chi connectivity index (χ3v) is 2.54. The van der Waals surface area contributed by atoms with E-state index in [1.54, 1.807) is 18.3 Å². The molecule has 0 saturated heterocycles. The SMILES string of the molecule is C=Cc1cccc(-c2cn[nH]c(=O)c2)c1C=C. The topological polar surface area (TPSA) is 45.8 Å². The van der Waals surface area contributed by atoms with Crippen LogP contribution < -0.4 is 5.56 Å². The second kappa shape index (κ2) is 4.61. The summed E-state index contributed by atoms with van der Waals surface area (Å²) < 4.78 is 0. The predicted molar refractivity (Wildman–Crippen MR) is 70.5 cm³/mol. The second-order valence-corrected chi connectivity index (χ2v) is 3.55. The Bertz CT molecular complexity index is 626. The molecule has 0 aliphatic rings. The molecule has 0 radical (unpaired) electrons. The van der Waals surface area contributed by atoms with Gasteiger partial charge in [-0.1, -0.05) is 43.5 Å². The van der Waals surface area contributed by atoms with E-state index in [1.807, 2.05) is 18.2 Å². The fourth-order valence-corrected chi connectivity index (χ4v) is 1.76. The summed E-state index contributed by atoms with van der Waals surface area (Å²) in [6.45, 7) is 7.55. The maximum Gasteiger partial charge on any atom is 0.264 e. The van der Waals surface area contributed by atoms with Crippen LogP contribution in [0.2, 0.25) is 0 Å². The van der Waals surface area contributed by atoms with Crippen molar-refractivity contribution in [2.45, 2.75) is 0 Å². The summed E-state index contributed by atoms with van der Waals surface area (Å²) in [5.74, 6) is 0. The van der Waals surface area contributed by atoms with Crippen molar-refractivity contribution in [1.82, 2.24) is 10.2 Å². The largest absolute Gasteiger partial charge is 0.268 e. The smallest absolute Gasteiger partial charge is 0.264 e. The molecule has 3 heteroatoms. The van der Waals surface area contributed by atoms with Gasteiger partial charge in [-0.3, -0.25) is 4.79 Å². The first kappa shape index (κ1) is 11.1. The summed E-state index contributed by atoms with van der Waals surface area (Å²) in [6.07, 6.45) is 5.14. The van der Waals surface area contributed by atoms with E-state index in [-0.39, 0.29) is 5.56 Å². The highest BCUT2D eigenvalue weighted by Gasteiger charge is 2.06. The molecule has 1 heterocycles. The summed E-state index contributed by atoms with van der Waals surface area (Å²) in [6, 6.07) is 7.32. The van der Waals surface area contributed by atoms with Gasteiger partial charge in [-0.15, -0.1) is 0 Å². The van der Waals surface area contributed by atoms with Crippen molar-refractivity contribution in [3.8, 4) is 11.1 Å². The van der Waals surface area contributed by atoms with Crippen LogP contribution in [-0.2, 0) is 0 Å². The zero-order chi connectivity index (χ0) is 12.3. The quantitative estimate of drug-likeness (QED) is 0.871. The van der Waals surface area contributed by atoms with Crippen LogP contribution >= 0.6 is 0 Å². The molecular formula is C14H12N2O. The molecule has 1 aromatic carbocycles. The molecule has 0 aliphatic heterocycles. The van der Waals surface area contributed by atoms with Crippen molar-refractivity contribution in [2.24, 2.45) is 0 Å². The molecule has 0 unspecified atom stereocenters. The molecule has 0 saturated carbocycles. The Morgan fingerprint density at radius 1 is 1.24 bits per heavy atom. The number of aromatic amines is 1. The summed E-state index contributed by atoms with van der Waals surface area (Å²) in [4.78, 5) is 11.3. The maximum absolute atomic E-state index is 11.3. The predicted octanol–water partition coefficient (Wildman–Crippen LogP) is 2.72. The van der Waals surface area contributed by atoms with Gasteiger partial charge in [0.15, 0.2) is 0 Å². The van der Waals surface area contributed by atoms with Gasteiger partial charge < -0.3 is 0 Å². The Morgan fingerprint density at radius 3 is 2.71 bits per heavy atom. The fourth-order valence-electron chi connectivity index (χ4n) is 1.76. The molecule has 17 heavy (non-hydrogen) atoms. The first-order chi connectivity index (χ1) is 8.26. The molecule has 3 nitrogen and oxygen atoms in total. The number of benzene rings is 1. The third kappa shape index (κ3) is 2.08. The third-order valence-electron chi connectivity index (χ3n) is 2.54. The summed E-state index contributed by atoms with van der Waals surface area (Å²) in [5, 5.41) is 6.15. The van der Waals surface area contributed by atoms with E-state index in [4.69, 9.17) is 0 Å². The van der Waals surface area contributed by atoms with E-state index >= 15 is 0 Å². The minimum Gasteiger partial charge on any atom is -0.268 e. The minimum absolute atomic E-state index is 0.221. The Kier molecular flexibility index (Phi) is 3.01. The molecule has 0 fully saturated rings. The van der Waals surface area contributed by atoms with Gasteiger partial charge in [-0.05, 0) is 16.7 Å². The zero-order valence-electron chi connectivity index (χ0n) is 9.31. The van der Waals surface area contributed by atoms with Crippen molar-refractivity contribution in [1.29, 1.82) is 0 Å². The average Bonchev–Trinajstić information content (AvgIpc) is 2.37. The van der Waals surface area contributed by atoms with Crippen LogP contribution in [0.25, 0.3) is 23.3 Å². The van der Waals surface area contributed by atoms with Crippen LogP contribution in [0.3, 0.4) is 0 Å². The van der Waals surface area contributed by atoms with Crippen LogP contribution in [0.4, 0.5) is 0 Å². The van der Waals surface area contributed by atoms with Crippen LogP contribution in [0, 0.1) is 0 Å². The van der Waals surface area contributed by atoms with E-state index in [9.17, 15) is 4.79 Å². The Labute approximate surface area is 99.1 Å². The highest BCUT2D eigenvalue weighted by Crippen LogP contribution is 2.26. The highest BCUT2D eigenvalue weighted by atomic mass is 16.1. The summed E-state index contributed by atoms with van der Waals surface area (Å²) in [7, 11) is 0. The fraction of sp³-hybridized carbons (Fsp3) is 0. The van der Waals surface area contributed by atoms with Crippen molar-refractivity contribution in [3.63, 3.8) is 0 Å². The van der Waals surface area contributed by atoms with Crippen LogP contribution in [0.5, 0.6) is 0 Å². The molecule has 1 aromatic heterocycles. The minimum atomic E-state index is -0.221. The van der Waals surface area contributed by atoms with Gasteiger partial charge in [0.1, 0.15) is 0 Å². The molecular weight excluding hydrogens is 212 g/mol. The molecule has 84 valence electrons. The molecule has 0 atom stereocenters. The lowest BCUT2D eigenvalue weighted by Gasteiger charge is -2.08. The summed E-state index contributed by atoms with van der Waals surface area (Å²) >= 11 is 0. The lowest BCUT2D eigenvalue weighted by molar-refractivity contribution is 0.991. The average molecular weight is 224 g/mol. The number of hydrogen-bond acceptors (Lipinski definition) is 2. The van der Waals surface area contributed by atoms with Crippen molar-refractivity contribution >= 4 is 12.2 Å². The van der Waals surface area contributed by atoms with E-state index in [1.165, 1.54) is 6.07 Å². The van der Waals surface area contributed by atoms with Crippen molar-refractivity contribution in [3.05, 3.63) is 65.1 Å². The van der Waals surface area contributed by atoms with Gasteiger partial charge in [0, 0.05) is 11.6 Å². The molecule has 2 rings (SSSR count). The van der Waals surface area contributed by atoms with Crippen molar-refractivity contribution in [2.75, 3.05) is 0 Å². The maximum atomic E-state index is 11.3. The van der Waals surface area contributed by atoms with E-state index < -0.39 is 0 Å². The Balaban J connectivity index is 2.71. The molecule has 1 N–H and O–H groups in total. The van der Waals surface area contributed by atoms with Gasteiger partial charge in [0.05, 0.1) is 6.20 Å². The zero-order valence-corrected chi connectivity index (χ0v) is 9.31. The Morgan fingerprint density at radius 2 is 2.06 bits per heavy atom. The van der Waals surface area contributed by atoms with Gasteiger partial charge in [-0.25, -0.2) is 5.10 Å². The molecule has 2 aromatic rings. The number of rotatable bonds is 3. The molecule has 0 aliphatic carbocycles. The number of hydrogen-bond donors (Lipinski definition) is 1. The monoisotopic (exact) mass is 224 g/mol. The van der Waals surface area contributed by atoms with E-state index in [2.05, 4.69) is 23.4 Å². The number of nitrogens with zero attached hydrogens (tertiary/aromatic N) is 1. The van der Waals surface area contributed by atoms with Gasteiger partial charge >= 0.3 is 0 Å². The molecule has 0 amide bonds. The first-order valence-electron chi connectivity index (χ1n) is 5.19. The van der Waals surface area contributed by atoms with Gasteiger partial charge in [-0.2, -0.15) is 5.10 Å². The normalized spacial score (nSPS) is 9.88. The standard InChI is InChI=1S/C14H12N2O/c1-3-10-6-5-7-13(12(10)4-2)11-8-14(17)16-15-9-11/h3-9H,1-2H2,(H,16,17). The molecule has 0 spiro atoms. The Hall–Kier alpha value is -2.42. The first-order valence-corrected chi connectivity index (χ1v) is 5.19. The lowest BCUT2D eigenvalue weighted by atomic mass is 9.96. The van der Waals surface area contributed by atoms with E-state index in [0.29, 0.717) is 0 Å². The van der Waals surface area contributed by atoms with Gasteiger partial charge in [0.2, 0.25) is 0 Å². The van der Waals surface area contributed by atoms with Crippen LogP contribution in [-0.4, -0.2) is 10.2 Å². The second-order valence-electron chi connectivity index (χ2n) is 3.55. The van der Waals surface area contributed by atoms with Crippen LogP contribution in [0.15, 0.2) is 48.4 Å². The number of H-pyrrole nitrogens is 1. The number of nitrogens with one attached hydrogen (secondary N) is 1. The highest BCUT2D eigenvalue weighted by molar-refractivity contribution is 5.79. The van der Waals surface area contributed by atoms with E-state index in [0.717, 1.165) is 22.3 Å².